The van der Waals surface area contributed by atoms with Gasteiger partial charge in [0.05, 0.1) is 5.92 Å². The minimum absolute atomic E-state index is 0.0578. The first kappa shape index (κ1) is 13.6. The largest absolute Gasteiger partial charge is 0.329 e. The van der Waals surface area contributed by atoms with Crippen LogP contribution in [-0.4, -0.2) is 10.9 Å². The fraction of sp³-hybridized carbons (Fsp3) is 0.125. The van der Waals surface area contributed by atoms with Gasteiger partial charge in [-0.25, -0.2) is 0 Å². The second-order valence-electron chi connectivity index (χ2n) is 4.88. The summed E-state index contributed by atoms with van der Waals surface area (Å²) >= 11 is 1.58. The topological polar surface area (TPSA) is 62.0 Å². The summed E-state index contributed by atoms with van der Waals surface area (Å²) in [6.45, 7) is 1.88. The lowest BCUT2D eigenvalue weighted by atomic mass is 10.0. The average molecular weight is 298 g/mol. The second-order valence-corrected chi connectivity index (χ2v) is 5.66. The summed E-state index contributed by atoms with van der Waals surface area (Å²) in [7, 11) is 0. The van der Waals surface area contributed by atoms with Gasteiger partial charge in [-0.15, -0.1) is 0 Å². The van der Waals surface area contributed by atoms with E-state index in [-0.39, 0.29) is 17.4 Å². The normalized spacial score (nSPS) is 12.2. The van der Waals surface area contributed by atoms with Crippen LogP contribution in [0.15, 0.2) is 52.1 Å². The molecule has 2 N–H and O–H groups in total. The van der Waals surface area contributed by atoms with Gasteiger partial charge < -0.3 is 10.3 Å². The van der Waals surface area contributed by atoms with Crippen molar-refractivity contribution in [3.05, 3.63) is 63.2 Å². The molecule has 2 heterocycles. The quantitative estimate of drug-likeness (QED) is 0.779. The summed E-state index contributed by atoms with van der Waals surface area (Å²) in [5.41, 5.74) is 1.58. The van der Waals surface area contributed by atoms with Crippen LogP contribution in [0.1, 0.15) is 18.4 Å². The van der Waals surface area contributed by atoms with Crippen molar-refractivity contribution >= 4 is 33.7 Å². The SMILES string of the molecule is CC(C(=O)Nc1ccc2c(=O)[nH]ccc2c1)c1ccsc1. The lowest BCUT2D eigenvalue weighted by molar-refractivity contribution is -0.117. The Labute approximate surface area is 125 Å². The van der Waals surface area contributed by atoms with Crippen LogP contribution < -0.4 is 10.9 Å². The van der Waals surface area contributed by atoms with E-state index in [1.54, 1.807) is 29.7 Å². The molecular formula is C16H14N2O2S. The third kappa shape index (κ3) is 2.73. The second kappa shape index (κ2) is 5.54. The third-order valence-corrected chi connectivity index (χ3v) is 4.18. The zero-order valence-electron chi connectivity index (χ0n) is 11.4. The lowest BCUT2D eigenvalue weighted by Gasteiger charge is -2.11. The third-order valence-electron chi connectivity index (χ3n) is 3.48. The fourth-order valence-electron chi connectivity index (χ4n) is 2.19. The van der Waals surface area contributed by atoms with E-state index in [0.717, 1.165) is 10.9 Å². The zero-order valence-corrected chi connectivity index (χ0v) is 12.2. The van der Waals surface area contributed by atoms with Crippen LogP contribution >= 0.6 is 11.3 Å². The molecular weight excluding hydrogens is 284 g/mol. The molecule has 1 aromatic carbocycles. The molecule has 0 bridgehead atoms. The number of pyridine rings is 1. The first-order chi connectivity index (χ1) is 10.1. The molecule has 0 saturated carbocycles. The Balaban J connectivity index is 1.85. The highest BCUT2D eigenvalue weighted by Crippen LogP contribution is 2.21. The van der Waals surface area contributed by atoms with E-state index in [4.69, 9.17) is 0 Å². The number of H-pyrrole nitrogens is 1. The molecule has 3 rings (SSSR count). The summed E-state index contributed by atoms with van der Waals surface area (Å²) in [5, 5.41) is 8.25. The number of carbonyl (C=O) groups is 1. The Kier molecular flexibility index (Phi) is 3.58. The maximum atomic E-state index is 12.2. The monoisotopic (exact) mass is 298 g/mol. The number of thiophene rings is 1. The molecule has 1 atom stereocenters. The van der Waals surface area contributed by atoms with Gasteiger partial charge in [-0.2, -0.15) is 11.3 Å². The van der Waals surface area contributed by atoms with Gasteiger partial charge in [0.1, 0.15) is 0 Å². The number of hydrogen-bond acceptors (Lipinski definition) is 3. The molecule has 4 nitrogen and oxygen atoms in total. The minimum atomic E-state index is -0.203. The van der Waals surface area contributed by atoms with Gasteiger partial charge in [0.2, 0.25) is 5.91 Å². The van der Waals surface area contributed by atoms with Crippen molar-refractivity contribution in [1.82, 2.24) is 4.98 Å². The van der Waals surface area contributed by atoms with Gasteiger partial charge in [-0.1, -0.05) is 0 Å². The fourth-order valence-corrected chi connectivity index (χ4v) is 2.95. The Morgan fingerprint density at radius 2 is 2.14 bits per heavy atom. The van der Waals surface area contributed by atoms with E-state index in [1.165, 1.54) is 0 Å². The maximum absolute atomic E-state index is 12.2. The molecule has 106 valence electrons. The van der Waals surface area contributed by atoms with E-state index in [0.29, 0.717) is 11.1 Å². The van der Waals surface area contributed by atoms with Crippen molar-refractivity contribution in [3.63, 3.8) is 0 Å². The van der Waals surface area contributed by atoms with E-state index < -0.39 is 0 Å². The number of anilines is 1. The molecule has 0 radical (unpaired) electrons. The number of aromatic amines is 1. The highest BCUT2D eigenvalue weighted by Gasteiger charge is 2.15. The Morgan fingerprint density at radius 3 is 2.90 bits per heavy atom. The number of nitrogens with one attached hydrogen (secondary N) is 2. The van der Waals surface area contributed by atoms with E-state index in [2.05, 4.69) is 10.3 Å². The van der Waals surface area contributed by atoms with Crippen molar-refractivity contribution < 1.29 is 4.79 Å². The number of rotatable bonds is 3. The smallest absolute Gasteiger partial charge is 0.255 e. The van der Waals surface area contributed by atoms with Crippen LogP contribution in [0.4, 0.5) is 5.69 Å². The number of aromatic nitrogens is 1. The van der Waals surface area contributed by atoms with E-state index in [9.17, 15) is 9.59 Å². The average Bonchev–Trinajstić information content (AvgIpc) is 3.00. The van der Waals surface area contributed by atoms with Gasteiger partial charge in [0.25, 0.3) is 5.56 Å². The molecule has 1 unspecified atom stereocenters. The van der Waals surface area contributed by atoms with Gasteiger partial charge in [0, 0.05) is 17.3 Å². The van der Waals surface area contributed by atoms with Gasteiger partial charge in [-0.3, -0.25) is 9.59 Å². The van der Waals surface area contributed by atoms with Crippen molar-refractivity contribution in [2.24, 2.45) is 0 Å². The van der Waals surface area contributed by atoms with Crippen LogP contribution in [-0.2, 0) is 4.79 Å². The predicted molar refractivity (Wildman–Crippen MR) is 85.9 cm³/mol. The summed E-state index contributed by atoms with van der Waals surface area (Å²) in [5.74, 6) is -0.260. The molecule has 0 saturated heterocycles. The molecule has 1 amide bonds. The van der Waals surface area contributed by atoms with E-state index >= 15 is 0 Å². The summed E-state index contributed by atoms with van der Waals surface area (Å²) < 4.78 is 0. The summed E-state index contributed by atoms with van der Waals surface area (Å²) in [6.07, 6.45) is 1.60. The first-order valence-electron chi connectivity index (χ1n) is 6.59. The predicted octanol–water partition coefficient (Wildman–Crippen LogP) is 3.33. The molecule has 3 aromatic rings. The van der Waals surface area contributed by atoms with E-state index in [1.807, 2.05) is 35.9 Å². The molecule has 21 heavy (non-hydrogen) atoms. The molecule has 0 aliphatic heterocycles. The molecule has 0 aliphatic carbocycles. The standard InChI is InChI=1S/C16H14N2O2S/c1-10(12-5-7-21-9-12)15(19)18-13-2-3-14-11(8-13)4-6-17-16(14)20/h2-10H,1H3,(H,17,20)(H,18,19). The minimum Gasteiger partial charge on any atom is -0.329 e. The van der Waals surface area contributed by atoms with Gasteiger partial charge >= 0.3 is 0 Å². The summed E-state index contributed by atoms with van der Waals surface area (Å²) in [6, 6.07) is 9.04. The Morgan fingerprint density at radius 1 is 1.29 bits per heavy atom. The van der Waals surface area contributed by atoms with Gasteiger partial charge in [-0.05, 0) is 59.0 Å². The number of hydrogen-bond donors (Lipinski definition) is 2. The Bertz CT molecular complexity index is 837. The van der Waals surface area contributed by atoms with Crippen LogP contribution in [0.2, 0.25) is 0 Å². The Hall–Kier alpha value is -2.40. The van der Waals surface area contributed by atoms with Crippen molar-refractivity contribution in [3.8, 4) is 0 Å². The van der Waals surface area contributed by atoms with Crippen LogP contribution in [0.5, 0.6) is 0 Å². The molecule has 0 aliphatic rings. The first-order valence-corrected chi connectivity index (χ1v) is 7.54. The maximum Gasteiger partial charge on any atom is 0.255 e. The molecule has 5 heteroatoms. The number of benzene rings is 1. The van der Waals surface area contributed by atoms with Crippen LogP contribution in [0, 0.1) is 0 Å². The van der Waals surface area contributed by atoms with Crippen LogP contribution in [0.25, 0.3) is 10.8 Å². The van der Waals surface area contributed by atoms with Crippen molar-refractivity contribution in [2.45, 2.75) is 12.8 Å². The number of fused-ring (bicyclic) bond motifs is 1. The highest BCUT2D eigenvalue weighted by molar-refractivity contribution is 7.08. The number of carbonyl (C=O) groups excluding carboxylic acids is 1. The van der Waals surface area contributed by atoms with Crippen LogP contribution in [0.3, 0.4) is 0 Å². The number of amides is 1. The van der Waals surface area contributed by atoms with Crippen molar-refractivity contribution in [2.75, 3.05) is 5.32 Å². The van der Waals surface area contributed by atoms with Gasteiger partial charge in [0.15, 0.2) is 0 Å². The highest BCUT2D eigenvalue weighted by atomic mass is 32.1. The molecule has 0 fully saturated rings. The molecule has 0 spiro atoms. The zero-order chi connectivity index (χ0) is 14.8. The lowest BCUT2D eigenvalue weighted by Crippen LogP contribution is -2.18. The van der Waals surface area contributed by atoms with Crippen molar-refractivity contribution in [1.29, 1.82) is 0 Å². The summed E-state index contributed by atoms with van der Waals surface area (Å²) in [4.78, 5) is 26.5. The molecule has 2 aromatic heterocycles.